The third-order valence-electron chi connectivity index (χ3n) is 2.13. The van der Waals surface area contributed by atoms with Gasteiger partial charge >= 0.3 is 0 Å². The molecule has 0 amide bonds. The van der Waals surface area contributed by atoms with Crippen molar-refractivity contribution < 1.29 is 5.11 Å². The Morgan fingerprint density at radius 3 is 2.53 bits per heavy atom. The smallest absolute Gasteiger partial charge is 0.152 e. The topological polar surface area (TPSA) is 58.0 Å². The molecule has 17 heavy (non-hydrogen) atoms. The second-order valence-corrected chi connectivity index (χ2v) is 4.16. The van der Waals surface area contributed by atoms with Crippen molar-refractivity contribution in [1.29, 1.82) is 0 Å². The first-order valence-corrected chi connectivity index (χ1v) is 5.59. The minimum Gasteiger partial charge on any atom is -0.505 e. The number of halogens is 2. The van der Waals surface area contributed by atoms with E-state index in [2.05, 4.69) is 15.3 Å². The number of anilines is 1. The molecule has 2 rings (SSSR count). The number of phenolic OH excluding ortho intramolecular Hbond substituents is 1. The Balaban J connectivity index is 2.10. The van der Waals surface area contributed by atoms with E-state index in [9.17, 15) is 5.11 Å². The quantitative estimate of drug-likeness (QED) is 0.841. The fourth-order valence-electron chi connectivity index (χ4n) is 1.28. The van der Waals surface area contributed by atoms with Gasteiger partial charge in [0.15, 0.2) is 5.75 Å². The number of hydrogen-bond donors (Lipinski definition) is 2. The molecule has 0 aliphatic rings. The molecule has 0 fully saturated rings. The van der Waals surface area contributed by atoms with E-state index < -0.39 is 0 Å². The van der Waals surface area contributed by atoms with Gasteiger partial charge in [0.1, 0.15) is 6.33 Å². The molecule has 0 saturated heterocycles. The summed E-state index contributed by atoms with van der Waals surface area (Å²) < 4.78 is 0. The highest BCUT2D eigenvalue weighted by Crippen LogP contribution is 2.34. The van der Waals surface area contributed by atoms with E-state index in [1.807, 2.05) is 0 Å². The lowest BCUT2D eigenvalue weighted by molar-refractivity contribution is 0.476. The highest BCUT2D eigenvalue weighted by Gasteiger charge is 2.06. The minimum absolute atomic E-state index is 0.110. The summed E-state index contributed by atoms with van der Waals surface area (Å²) >= 11 is 11.6. The van der Waals surface area contributed by atoms with E-state index in [0.717, 1.165) is 11.4 Å². The number of nitrogens with one attached hydrogen (secondary N) is 1. The van der Waals surface area contributed by atoms with E-state index in [-0.39, 0.29) is 15.8 Å². The molecule has 1 heterocycles. The number of benzene rings is 1. The molecule has 0 radical (unpaired) electrons. The number of aromatic hydroxyl groups is 1. The molecule has 0 spiro atoms. The van der Waals surface area contributed by atoms with Crippen LogP contribution in [0.5, 0.6) is 5.75 Å². The SMILES string of the molecule is Oc1c(Cl)cc(NCc2ccncn2)cc1Cl. The van der Waals surface area contributed by atoms with E-state index in [1.165, 1.54) is 6.33 Å². The van der Waals surface area contributed by atoms with Crippen molar-refractivity contribution in [2.24, 2.45) is 0 Å². The van der Waals surface area contributed by atoms with Crippen LogP contribution in [0.15, 0.2) is 30.7 Å². The summed E-state index contributed by atoms with van der Waals surface area (Å²) in [7, 11) is 0. The van der Waals surface area contributed by atoms with Gasteiger partial charge in [-0.2, -0.15) is 0 Å². The van der Waals surface area contributed by atoms with E-state index >= 15 is 0 Å². The fourth-order valence-corrected chi connectivity index (χ4v) is 1.77. The van der Waals surface area contributed by atoms with Crippen LogP contribution in [0.1, 0.15) is 5.69 Å². The van der Waals surface area contributed by atoms with Crippen molar-refractivity contribution in [1.82, 2.24) is 9.97 Å². The van der Waals surface area contributed by atoms with Crippen LogP contribution in [0, 0.1) is 0 Å². The minimum atomic E-state index is -0.110. The lowest BCUT2D eigenvalue weighted by Crippen LogP contribution is -2.01. The van der Waals surface area contributed by atoms with Gasteiger partial charge in [-0.05, 0) is 18.2 Å². The first kappa shape index (κ1) is 12.0. The molecule has 0 bridgehead atoms. The maximum atomic E-state index is 9.40. The van der Waals surface area contributed by atoms with Crippen LogP contribution in [0.4, 0.5) is 5.69 Å². The molecule has 0 unspecified atom stereocenters. The maximum absolute atomic E-state index is 9.40. The number of rotatable bonds is 3. The molecule has 1 aromatic carbocycles. The van der Waals surface area contributed by atoms with Crippen molar-refractivity contribution in [2.75, 3.05) is 5.32 Å². The maximum Gasteiger partial charge on any atom is 0.152 e. The number of aromatic nitrogens is 2. The standard InChI is InChI=1S/C11H9Cl2N3O/c12-9-3-8(4-10(13)11(9)17)15-5-7-1-2-14-6-16-7/h1-4,6,15,17H,5H2. The molecule has 1 aromatic heterocycles. The Bertz CT molecular complexity index is 496. The Morgan fingerprint density at radius 2 is 1.94 bits per heavy atom. The zero-order valence-corrected chi connectivity index (χ0v) is 10.2. The fraction of sp³-hybridized carbons (Fsp3) is 0.0909. The average Bonchev–Trinajstić information content (AvgIpc) is 2.34. The summed E-state index contributed by atoms with van der Waals surface area (Å²) in [5.74, 6) is -0.110. The van der Waals surface area contributed by atoms with Crippen molar-refractivity contribution in [2.45, 2.75) is 6.54 Å². The van der Waals surface area contributed by atoms with Gasteiger partial charge in [0.2, 0.25) is 0 Å². The third-order valence-corrected chi connectivity index (χ3v) is 2.71. The molecule has 0 saturated carbocycles. The molecule has 0 aliphatic heterocycles. The highest BCUT2D eigenvalue weighted by molar-refractivity contribution is 6.37. The molecule has 0 atom stereocenters. The van der Waals surface area contributed by atoms with Crippen molar-refractivity contribution in [3.8, 4) is 5.75 Å². The lowest BCUT2D eigenvalue weighted by Gasteiger charge is -2.08. The summed E-state index contributed by atoms with van der Waals surface area (Å²) in [5.41, 5.74) is 1.57. The van der Waals surface area contributed by atoms with Crippen LogP contribution in [0.2, 0.25) is 10.0 Å². The van der Waals surface area contributed by atoms with E-state index in [0.29, 0.717) is 6.54 Å². The Labute approximate surface area is 108 Å². The Morgan fingerprint density at radius 1 is 1.24 bits per heavy atom. The summed E-state index contributed by atoms with van der Waals surface area (Å²) in [6.45, 7) is 0.528. The molecule has 88 valence electrons. The van der Waals surface area contributed by atoms with Crippen molar-refractivity contribution in [3.63, 3.8) is 0 Å². The number of nitrogens with zero attached hydrogens (tertiary/aromatic N) is 2. The normalized spacial score (nSPS) is 10.2. The van der Waals surface area contributed by atoms with Gasteiger partial charge in [-0.3, -0.25) is 0 Å². The second kappa shape index (κ2) is 5.21. The van der Waals surface area contributed by atoms with E-state index in [4.69, 9.17) is 23.2 Å². The van der Waals surface area contributed by atoms with Gasteiger partial charge in [-0.25, -0.2) is 9.97 Å². The molecule has 4 nitrogen and oxygen atoms in total. The molecule has 2 N–H and O–H groups in total. The molecule has 2 aromatic rings. The van der Waals surface area contributed by atoms with Crippen molar-refractivity contribution in [3.05, 3.63) is 46.5 Å². The van der Waals surface area contributed by atoms with E-state index in [1.54, 1.807) is 24.4 Å². The average molecular weight is 270 g/mol. The molecular formula is C11H9Cl2N3O. The number of hydrogen-bond acceptors (Lipinski definition) is 4. The van der Waals surface area contributed by atoms with Crippen LogP contribution in [-0.2, 0) is 6.54 Å². The van der Waals surface area contributed by atoms with Gasteiger partial charge in [-0.15, -0.1) is 0 Å². The molecule has 0 aliphatic carbocycles. The molecule has 6 heteroatoms. The van der Waals surface area contributed by atoms with Crippen LogP contribution in [0.25, 0.3) is 0 Å². The first-order chi connectivity index (χ1) is 8.16. The van der Waals surface area contributed by atoms with Crippen LogP contribution < -0.4 is 5.32 Å². The van der Waals surface area contributed by atoms with Gasteiger partial charge in [-0.1, -0.05) is 23.2 Å². The van der Waals surface area contributed by atoms with Gasteiger partial charge in [0.05, 0.1) is 22.3 Å². The first-order valence-electron chi connectivity index (χ1n) is 4.83. The zero-order valence-electron chi connectivity index (χ0n) is 8.69. The van der Waals surface area contributed by atoms with Gasteiger partial charge in [0, 0.05) is 11.9 Å². The van der Waals surface area contributed by atoms with Gasteiger partial charge < -0.3 is 10.4 Å². The summed E-state index contributed by atoms with van der Waals surface area (Å²) in [6, 6.07) is 5.00. The third kappa shape index (κ3) is 2.99. The summed E-state index contributed by atoms with van der Waals surface area (Å²) in [5, 5.41) is 12.9. The lowest BCUT2D eigenvalue weighted by atomic mass is 10.3. The number of phenols is 1. The van der Waals surface area contributed by atoms with Crippen molar-refractivity contribution >= 4 is 28.9 Å². The highest BCUT2D eigenvalue weighted by atomic mass is 35.5. The second-order valence-electron chi connectivity index (χ2n) is 3.34. The molecular weight excluding hydrogens is 261 g/mol. The van der Waals surface area contributed by atoms with Crippen LogP contribution >= 0.6 is 23.2 Å². The largest absolute Gasteiger partial charge is 0.505 e. The summed E-state index contributed by atoms with van der Waals surface area (Å²) in [6.07, 6.45) is 3.15. The summed E-state index contributed by atoms with van der Waals surface area (Å²) in [4.78, 5) is 7.89. The van der Waals surface area contributed by atoms with Crippen LogP contribution in [-0.4, -0.2) is 15.1 Å². The predicted octanol–water partition coefficient (Wildman–Crippen LogP) is 3.10. The van der Waals surface area contributed by atoms with Gasteiger partial charge in [0.25, 0.3) is 0 Å². The van der Waals surface area contributed by atoms with Crippen LogP contribution in [0.3, 0.4) is 0 Å². The zero-order chi connectivity index (χ0) is 12.3. The predicted molar refractivity (Wildman–Crippen MR) is 67.5 cm³/mol. The Hall–Kier alpha value is -1.52. The monoisotopic (exact) mass is 269 g/mol. The Kier molecular flexibility index (Phi) is 3.66.